The Morgan fingerprint density at radius 1 is 1.17 bits per heavy atom. The van der Waals surface area contributed by atoms with Crippen molar-refractivity contribution in [2.75, 3.05) is 24.3 Å². The molecule has 8 heteroatoms. The van der Waals surface area contributed by atoms with Crippen molar-refractivity contribution in [2.45, 2.75) is 13.1 Å². The fourth-order valence-corrected chi connectivity index (χ4v) is 1.88. The fraction of sp³-hybridized carbons (Fsp3) is 0.267. The minimum Gasteiger partial charge on any atom is -0.363 e. The predicted octanol–water partition coefficient (Wildman–Crippen LogP) is 3.12. The van der Waals surface area contributed by atoms with Crippen molar-refractivity contribution in [2.24, 2.45) is 0 Å². The topological polar surface area (TPSA) is 58.1 Å². The lowest BCUT2D eigenvalue weighted by Crippen LogP contribution is -2.17. The smallest absolute Gasteiger partial charge is 0.363 e. The van der Waals surface area contributed by atoms with E-state index in [-0.39, 0.29) is 11.3 Å². The lowest BCUT2D eigenvalue weighted by molar-refractivity contribution is -0.141. The maximum absolute atomic E-state index is 12.6. The van der Waals surface area contributed by atoms with E-state index in [1.807, 2.05) is 14.1 Å². The van der Waals surface area contributed by atoms with Gasteiger partial charge in [-0.1, -0.05) is 0 Å². The minimum atomic E-state index is -4.54. The molecule has 5 nitrogen and oxygen atoms in total. The van der Waals surface area contributed by atoms with Crippen LogP contribution in [-0.4, -0.2) is 30.0 Å². The van der Waals surface area contributed by atoms with E-state index < -0.39 is 17.8 Å². The van der Waals surface area contributed by atoms with Crippen LogP contribution in [-0.2, 0) is 6.18 Å². The monoisotopic (exact) mass is 324 g/mol. The lowest BCUT2D eigenvalue weighted by atomic mass is 10.1. The zero-order valence-electron chi connectivity index (χ0n) is 12.8. The quantitative estimate of drug-likeness (QED) is 0.942. The maximum Gasteiger partial charge on any atom is 0.433 e. The number of pyridine rings is 2. The van der Waals surface area contributed by atoms with Crippen LogP contribution in [0.25, 0.3) is 0 Å². The highest BCUT2D eigenvalue weighted by Crippen LogP contribution is 2.28. The molecule has 0 spiro atoms. The summed E-state index contributed by atoms with van der Waals surface area (Å²) in [4.78, 5) is 21.5. The zero-order valence-corrected chi connectivity index (χ0v) is 12.8. The van der Waals surface area contributed by atoms with Crippen LogP contribution in [0.3, 0.4) is 0 Å². The molecule has 2 aromatic heterocycles. The number of anilines is 2. The van der Waals surface area contributed by atoms with Crippen molar-refractivity contribution in [3.63, 3.8) is 0 Å². The van der Waals surface area contributed by atoms with Crippen LogP contribution in [0.1, 0.15) is 21.7 Å². The number of nitrogens with one attached hydrogen (secondary N) is 1. The molecule has 1 N–H and O–H groups in total. The standard InChI is InChI=1S/C15H15F3N4O/c1-9-11(5-6-12(20-9)15(16,17)18)14(23)21-10-4-7-13(19-8-10)22(2)3/h4-8H,1-3H3,(H,21,23). The molecular weight excluding hydrogens is 309 g/mol. The number of halogens is 3. The molecule has 2 heterocycles. The van der Waals surface area contributed by atoms with Crippen LogP contribution in [0.4, 0.5) is 24.7 Å². The van der Waals surface area contributed by atoms with Crippen LogP contribution in [0, 0.1) is 6.92 Å². The van der Waals surface area contributed by atoms with E-state index in [4.69, 9.17) is 0 Å². The molecule has 0 aliphatic heterocycles. The van der Waals surface area contributed by atoms with Crippen LogP contribution >= 0.6 is 0 Å². The van der Waals surface area contributed by atoms with Crippen LogP contribution in [0.5, 0.6) is 0 Å². The normalized spacial score (nSPS) is 11.2. The first-order valence-corrected chi connectivity index (χ1v) is 6.68. The Morgan fingerprint density at radius 3 is 2.35 bits per heavy atom. The first kappa shape index (κ1) is 16.7. The Morgan fingerprint density at radius 2 is 1.87 bits per heavy atom. The molecule has 0 aliphatic rings. The molecule has 0 aromatic carbocycles. The number of alkyl halides is 3. The van der Waals surface area contributed by atoms with Gasteiger partial charge in [-0.05, 0) is 31.2 Å². The summed E-state index contributed by atoms with van der Waals surface area (Å²) in [5.74, 6) is 0.179. The highest BCUT2D eigenvalue weighted by atomic mass is 19.4. The van der Waals surface area contributed by atoms with Crippen LogP contribution in [0.2, 0.25) is 0 Å². The molecule has 0 unspecified atom stereocenters. The number of rotatable bonds is 3. The van der Waals surface area contributed by atoms with E-state index in [1.54, 1.807) is 17.0 Å². The van der Waals surface area contributed by atoms with Crippen molar-refractivity contribution < 1.29 is 18.0 Å². The molecule has 122 valence electrons. The van der Waals surface area contributed by atoms with Gasteiger partial charge >= 0.3 is 6.18 Å². The second-order valence-corrected chi connectivity index (χ2v) is 5.08. The summed E-state index contributed by atoms with van der Waals surface area (Å²) >= 11 is 0. The number of hydrogen-bond acceptors (Lipinski definition) is 4. The molecule has 2 aromatic rings. The molecule has 1 amide bonds. The van der Waals surface area contributed by atoms with Gasteiger partial charge in [-0.3, -0.25) is 4.79 Å². The van der Waals surface area contributed by atoms with Gasteiger partial charge in [0.2, 0.25) is 0 Å². The van der Waals surface area contributed by atoms with Gasteiger partial charge in [0.1, 0.15) is 11.5 Å². The van der Waals surface area contributed by atoms with Gasteiger partial charge in [0.15, 0.2) is 0 Å². The highest BCUT2D eigenvalue weighted by Gasteiger charge is 2.33. The van der Waals surface area contributed by atoms with Gasteiger partial charge in [-0.2, -0.15) is 13.2 Å². The Labute approximate surface area is 131 Å². The molecule has 0 bridgehead atoms. The van der Waals surface area contributed by atoms with Gasteiger partial charge in [-0.15, -0.1) is 0 Å². The average molecular weight is 324 g/mol. The highest BCUT2D eigenvalue weighted by molar-refractivity contribution is 6.04. The molecule has 23 heavy (non-hydrogen) atoms. The Bertz CT molecular complexity index is 712. The van der Waals surface area contributed by atoms with Crippen molar-refractivity contribution in [3.05, 3.63) is 47.4 Å². The number of carbonyl (C=O) groups excluding carboxylic acids is 1. The first-order valence-electron chi connectivity index (χ1n) is 6.68. The molecule has 0 radical (unpaired) electrons. The molecule has 0 atom stereocenters. The lowest BCUT2D eigenvalue weighted by Gasteiger charge is -2.12. The molecule has 0 aliphatic carbocycles. The number of aryl methyl sites for hydroxylation is 1. The van der Waals surface area contributed by atoms with Gasteiger partial charge in [0.05, 0.1) is 23.1 Å². The third-order valence-electron chi connectivity index (χ3n) is 3.08. The Balaban J connectivity index is 2.17. The fourth-order valence-electron chi connectivity index (χ4n) is 1.88. The van der Waals surface area contributed by atoms with Crippen molar-refractivity contribution >= 4 is 17.4 Å². The number of nitrogens with zero attached hydrogens (tertiary/aromatic N) is 3. The van der Waals surface area contributed by atoms with E-state index >= 15 is 0 Å². The molecule has 0 fully saturated rings. The molecular formula is C15H15F3N4O. The maximum atomic E-state index is 12.6. The second kappa shape index (κ2) is 6.23. The van der Waals surface area contributed by atoms with Gasteiger partial charge in [0, 0.05) is 14.1 Å². The summed E-state index contributed by atoms with van der Waals surface area (Å²) in [6.07, 6.45) is -3.06. The molecule has 2 rings (SSSR count). The van der Waals surface area contributed by atoms with Crippen LogP contribution in [0.15, 0.2) is 30.5 Å². The summed E-state index contributed by atoms with van der Waals surface area (Å²) in [6.45, 7) is 1.36. The zero-order chi connectivity index (χ0) is 17.2. The third kappa shape index (κ3) is 3.97. The number of carbonyl (C=O) groups is 1. The van der Waals surface area contributed by atoms with Crippen molar-refractivity contribution in [1.82, 2.24) is 9.97 Å². The Kier molecular flexibility index (Phi) is 4.53. The van der Waals surface area contributed by atoms with E-state index in [1.165, 1.54) is 13.1 Å². The minimum absolute atomic E-state index is 0.00944. The average Bonchev–Trinajstić information content (AvgIpc) is 2.46. The van der Waals surface area contributed by atoms with Gasteiger partial charge in [0.25, 0.3) is 5.91 Å². The van der Waals surface area contributed by atoms with Crippen molar-refractivity contribution in [3.8, 4) is 0 Å². The second-order valence-electron chi connectivity index (χ2n) is 5.08. The van der Waals surface area contributed by atoms with Gasteiger partial charge in [-0.25, -0.2) is 9.97 Å². The Hall–Kier alpha value is -2.64. The van der Waals surface area contributed by atoms with E-state index in [0.29, 0.717) is 5.69 Å². The number of amides is 1. The summed E-state index contributed by atoms with van der Waals surface area (Å²) in [6, 6.07) is 5.28. The SMILES string of the molecule is Cc1nc(C(F)(F)F)ccc1C(=O)Nc1ccc(N(C)C)nc1. The van der Waals surface area contributed by atoms with Crippen LogP contribution < -0.4 is 10.2 Å². The molecule has 0 saturated heterocycles. The number of aromatic nitrogens is 2. The van der Waals surface area contributed by atoms with E-state index in [9.17, 15) is 18.0 Å². The third-order valence-corrected chi connectivity index (χ3v) is 3.08. The van der Waals surface area contributed by atoms with Crippen molar-refractivity contribution in [1.29, 1.82) is 0 Å². The first-order chi connectivity index (χ1) is 10.7. The largest absolute Gasteiger partial charge is 0.433 e. The summed E-state index contributed by atoms with van der Waals surface area (Å²) in [5, 5.41) is 2.58. The predicted molar refractivity (Wildman–Crippen MR) is 80.5 cm³/mol. The summed E-state index contributed by atoms with van der Waals surface area (Å²) < 4.78 is 37.7. The molecule has 0 saturated carbocycles. The van der Waals surface area contributed by atoms with E-state index in [0.717, 1.165) is 18.0 Å². The summed E-state index contributed by atoms with van der Waals surface area (Å²) in [7, 11) is 3.66. The summed E-state index contributed by atoms with van der Waals surface area (Å²) in [5.41, 5.74) is -0.492. The van der Waals surface area contributed by atoms with E-state index in [2.05, 4.69) is 15.3 Å². The number of hydrogen-bond donors (Lipinski definition) is 1. The van der Waals surface area contributed by atoms with Gasteiger partial charge < -0.3 is 10.2 Å².